The van der Waals surface area contributed by atoms with Gasteiger partial charge in [-0.2, -0.15) is 0 Å². The normalized spacial score (nSPS) is 11.3. The molecule has 0 aliphatic carbocycles. The minimum Gasteiger partial charge on any atom is -0.467 e. The molecule has 0 unspecified atom stereocenters. The summed E-state index contributed by atoms with van der Waals surface area (Å²) in [7, 11) is 1.22. The van der Waals surface area contributed by atoms with Gasteiger partial charge in [0.1, 0.15) is 11.9 Å². The molecule has 0 radical (unpaired) electrons. The number of anilines is 1. The fraction of sp³-hybridized carbons (Fsp3) is 0.211. The number of methoxy groups -OCH3 is 1. The molecule has 0 aliphatic heterocycles. The summed E-state index contributed by atoms with van der Waals surface area (Å²) in [5, 5.41) is 5.19. The Bertz CT molecular complexity index is 805. The number of hydrogen-bond donors (Lipinski definition) is 2. The van der Waals surface area contributed by atoms with Gasteiger partial charge in [-0.15, -0.1) is 0 Å². The second kappa shape index (κ2) is 8.75. The van der Waals surface area contributed by atoms with Crippen molar-refractivity contribution in [2.75, 3.05) is 12.4 Å². The molecule has 6 nitrogen and oxygen atoms in total. The fourth-order valence-corrected chi connectivity index (χ4v) is 2.38. The number of carbonyl (C=O) groups excluding carboxylic acids is 3. The highest BCUT2D eigenvalue weighted by atomic mass is 19.1. The zero-order valence-corrected chi connectivity index (χ0v) is 14.4. The Hall–Kier alpha value is -3.22. The van der Waals surface area contributed by atoms with Crippen LogP contribution in [0.5, 0.6) is 0 Å². The smallest absolute Gasteiger partial charge is 0.328 e. The molecule has 0 aromatic heterocycles. The molecule has 7 heteroatoms. The van der Waals surface area contributed by atoms with Crippen molar-refractivity contribution in [1.29, 1.82) is 0 Å². The monoisotopic (exact) mass is 358 g/mol. The Morgan fingerprint density at radius 1 is 1.12 bits per heavy atom. The van der Waals surface area contributed by atoms with Gasteiger partial charge in [-0.3, -0.25) is 9.59 Å². The lowest BCUT2D eigenvalue weighted by molar-refractivity contribution is -0.142. The summed E-state index contributed by atoms with van der Waals surface area (Å²) in [5.74, 6) is -1.75. The first kappa shape index (κ1) is 19.1. The Kier molecular flexibility index (Phi) is 6.43. The summed E-state index contributed by atoms with van der Waals surface area (Å²) in [5.41, 5.74) is 1.42. The summed E-state index contributed by atoms with van der Waals surface area (Å²) >= 11 is 0. The second-order valence-electron chi connectivity index (χ2n) is 5.64. The van der Waals surface area contributed by atoms with E-state index in [4.69, 9.17) is 4.74 Å². The number of benzene rings is 2. The van der Waals surface area contributed by atoms with E-state index in [9.17, 15) is 18.8 Å². The molecule has 1 atom stereocenters. The third kappa shape index (κ3) is 5.41. The van der Waals surface area contributed by atoms with Gasteiger partial charge < -0.3 is 15.4 Å². The van der Waals surface area contributed by atoms with Crippen LogP contribution in [0.4, 0.5) is 10.1 Å². The number of nitrogens with one attached hydrogen (secondary N) is 2. The van der Waals surface area contributed by atoms with Gasteiger partial charge >= 0.3 is 5.97 Å². The van der Waals surface area contributed by atoms with E-state index in [1.807, 2.05) is 0 Å². The molecule has 0 saturated heterocycles. The molecule has 26 heavy (non-hydrogen) atoms. The first-order chi connectivity index (χ1) is 12.4. The van der Waals surface area contributed by atoms with Crippen LogP contribution in [-0.4, -0.2) is 30.9 Å². The highest BCUT2D eigenvalue weighted by Crippen LogP contribution is 2.11. The highest BCUT2D eigenvalue weighted by Gasteiger charge is 2.22. The van der Waals surface area contributed by atoms with Crippen molar-refractivity contribution in [3.05, 3.63) is 65.5 Å². The third-order valence-corrected chi connectivity index (χ3v) is 3.59. The lowest BCUT2D eigenvalue weighted by Gasteiger charge is -2.17. The molecule has 0 fully saturated rings. The molecular formula is C19H19FN2O4. The van der Waals surface area contributed by atoms with Crippen molar-refractivity contribution in [3.8, 4) is 0 Å². The van der Waals surface area contributed by atoms with Crippen LogP contribution in [0, 0.1) is 5.82 Å². The van der Waals surface area contributed by atoms with Crippen LogP contribution < -0.4 is 10.6 Å². The SMILES string of the molecule is COC(=O)[C@@H](Cc1cccc(F)c1)NC(=O)c1ccc(NC(C)=O)cc1. The summed E-state index contributed by atoms with van der Waals surface area (Å²) < 4.78 is 18.0. The lowest BCUT2D eigenvalue weighted by atomic mass is 10.1. The van der Waals surface area contributed by atoms with Crippen LogP contribution in [0.25, 0.3) is 0 Å². The Morgan fingerprint density at radius 2 is 1.81 bits per heavy atom. The lowest BCUT2D eigenvalue weighted by Crippen LogP contribution is -2.43. The molecule has 0 bridgehead atoms. The molecule has 0 spiro atoms. The van der Waals surface area contributed by atoms with Crippen molar-refractivity contribution in [2.24, 2.45) is 0 Å². The first-order valence-corrected chi connectivity index (χ1v) is 7.90. The van der Waals surface area contributed by atoms with Crippen LogP contribution in [0.2, 0.25) is 0 Å². The number of carbonyl (C=O) groups is 3. The molecule has 2 rings (SSSR count). The number of rotatable bonds is 6. The van der Waals surface area contributed by atoms with Gasteiger partial charge in [0.05, 0.1) is 7.11 Å². The molecular weight excluding hydrogens is 339 g/mol. The Balaban J connectivity index is 2.10. The van der Waals surface area contributed by atoms with E-state index in [1.54, 1.807) is 18.2 Å². The van der Waals surface area contributed by atoms with Gasteiger partial charge in [-0.1, -0.05) is 12.1 Å². The summed E-state index contributed by atoms with van der Waals surface area (Å²) in [6, 6.07) is 11.0. The molecule has 2 N–H and O–H groups in total. The van der Waals surface area contributed by atoms with E-state index in [1.165, 1.54) is 44.4 Å². The van der Waals surface area contributed by atoms with E-state index < -0.39 is 23.7 Å². The standard InChI is InChI=1S/C19H19FN2O4/c1-12(23)21-16-8-6-14(7-9-16)18(24)22-17(19(25)26-2)11-13-4-3-5-15(20)10-13/h3-10,17H,11H2,1-2H3,(H,21,23)(H,22,24)/t17-/m1/s1. The summed E-state index contributed by atoms with van der Waals surface area (Å²) in [6.45, 7) is 1.38. The van der Waals surface area contributed by atoms with E-state index in [-0.39, 0.29) is 12.3 Å². The molecule has 2 amide bonds. The topological polar surface area (TPSA) is 84.5 Å². The largest absolute Gasteiger partial charge is 0.467 e. The maximum absolute atomic E-state index is 13.3. The van der Waals surface area contributed by atoms with Gasteiger partial charge in [0.25, 0.3) is 5.91 Å². The Labute approximate surface area is 150 Å². The van der Waals surface area contributed by atoms with Crippen molar-refractivity contribution in [2.45, 2.75) is 19.4 Å². The molecule has 0 heterocycles. The minimum atomic E-state index is -0.954. The van der Waals surface area contributed by atoms with E-state index >= 15 is 0 Å². The van der Waals surface area contributed by atoms with Crippen LogP contribution >= 0.6 is 0 Å². The fourth-order valence-electron chi connectivity index (χ4n) is 2.38. The Morgan fingerprint density at radius 3 is 2.38 bits per heavy atom. The maximum atomic E-state index is 13.3. The van der Waals surface area contributed by atoms with Crippen LogP contribution in [0.1, 0.15) is 22.8 Å². The van der Waals surface area contributed by atoms with Gasteiger partial charge in [-0.05, 0) is 42.0 Å². The van der Waals surface area contributed by atoms with Crippen molar-refractivity contribution >= 4 is 23.5 Å². The predicted molar refractivity (Wildman–Crippen MR) is 94.1 cm³/mol. The van der Waals surface area contributed by atoms with Crippen molar-refractivity contribution in [1.82, 2.24) is 5.32 Å². The quantitative estimate of drug-likeness (QED) is 0.776. The molecule has 0 saturated carbocycles. The van der Waals surface area contributed by atoms with Crippen LogP contribution in [0.15, 0.2) is 48.5 Å². The zero-order chi connectivity index (χ0) is 19.1. The van der Waals surface area contributed by atoms with E-state index in [0.29, 0.717) is 16.8 Å². The third-order valence-electron chi connectivity index (χ3n) is 3.59. The van der Waals surface area contributed by atoms with Gasteiger partial charge in [0.15, 0.2) is 0 Å². The highest BCUT2D eigenvalue weighted by molar-refractivity contribution is 5.97. The predicted octanol–water partition coefficient (Wildman–Crippen LogP) is 2.30. The number of esters is 1. The minimum absolute atomic E-state index is 0.0974. The summed E-state index contributed by atoms with van der Waals surface area (Å²) in [6.07, 6.45) is 0.0974. The number of amides is 2. The van der Waals surface area contributed by atoms with Crippen molar-refractivity contribution in [3.63, 3.8) is 0 Å². The number of ether oxygens (including phenoxy) is 1. The average molecular weight is 358 g/mol. The van der Waals surface area contributed by atoms with Crippen molar-refractivity contribution < 1.29 is 23.5 Å². The first-order valence-electron chi connectivity index (χ1n) is 7.90. The second-order valence-corrected chi connectivity index (χ2v) is 5.64. The molecule has 0 aliphatic rings. The van der Waals surface area contributed by atoms with Crippen LogP contribution in [0.3, 0.4) is 0 Å². The van der Waals surface area contributed by atoms with E-state index in [2.05, 4.69) is 10.6 Å². The van der Waals surface area contributed by atoms with E-state index in [0.717, 1.165) is 0 Å². The van der Waals surface area contributed by atoms with Gasteiger partial charge in [-0.25, -0.2) is 9.18 Å². The van der Waals surface area contributed by atoms with Gasteiger partial charge in [0, 0.05) is 24.6 Å². The maximum Gasteiger partial charge on any atom is 0.328 e. The molecule has 136 valence electrons. The van der Waals surface area contributed by atoms with Gasteiger partial charge in [0.2, 0.25) is 5.91 Å². The zero-order valence-electron chi connectivity index (χ0n) is 14.4. The van der Waals surface area contributed by atoms with Crippen LogP contribution in [-0.2, 0) is 20.7 Å². The molecule has 2 aromatic rings. The summed E-state index contributed by atoms with van der Waals surface area (Å²) in [4.78, 5) is 35.4. The molecule has 2 aromatic carbocycles. The average Bonchev–Trinajstić information content (AvgIpc) is 2.60. The number of halogens is 1. The number of hydrogen-bond acceptors (Lipinski definition) is 4.